The number of thiophene rings is 1. The van der Waals surface area contributed by atoms with E-state index in [4.69, 9.17) is 11.6 Å². The van der Waals surface area contributed by atoms with Crippen molar-refractivity contribution in [3.63, 3.8) is 0 Å². The maximum absolute atomic E-state index is 10.2. The zero-order valence-corrected chi connectivity index (χ0v) is 13.4. The predicted molar refractivity (Wildman–Crippen MR) is 79.8 cm³/mol. The third-order valence-corrected chi connectivity index (χ3v) is 4.89. The molecule has 1 atom stereocenters. The average molecular weight is 397 g/mol. The zero-order chi connectivity index (χ0) is 12.4. The zero-order valence-electron chi connectivity index (χ0n) is 8.66. The fraction of sp³-hybridized carbons (Fsp3) is 0.167. The summed E-state index contributed by atoms with van der Waals surface area (Å²) in [5.74, 6) is 0. The van der Waals surface area contributed by atoms with Crippen molar-refractivity contribution < 1.29 is 5.11 Å². The van der Waals surface area contributed by atoms with Gasteiger partial charge >= 0.3 is 0 Å². The van der Waals surface area contributed by atoms with Crippen LogP contribution in [-0.4, -0.2) is 5.11 Å². The molecule has 1 aromatic heterocycles. The van der Waals surface area contributed by atoms with Crippen LogP contribution in [0.25, 0.3) is 0 Å². The molecule has 2 aromatic rings. The van der Waals surface area contributed by atoms with Gasteiger partial charge in [0.25, 0.3) is 0 Å². The van der Waals surface area contributed by atoms with E-state index in [1.807, 2.05) is 23.6 Å². The fourth-order valence-corrected chi connectivity index (χ4v) is 3.64. The SMILES string of the molecule is OC(Cc1cc(Br)cs1)c1cc(Br)ccc1Cl. The molecular formula is C12H9Br2ClOS. The van der Waals surface area contributed by atoms with Crippen molar-refractivity contribution >= 4 is 54.8 Å². The van der Waals surface area contributed by atoms with E-state index in [0.717, 1.165) is 19.4 Å². The van der Waals surface area contributed by atoms with Crippen molar-refractivity contribution in [2.45, 2.75) is 12.5 Å². The molecule has 0 saturated heterocycles. The van der Waals surface area contributed by atoms with Crippen LogP contribution in [-0.2, 0) is 6.42 Å². The third kappa shape index (κ3) is 3.55. The van der Waals surface area contributed by atoms with Crippen molar-refractivity contribution in [3.8, 4) is 0 Å². The second kappa shape index (κ2) is 5.85. The maximum atomic E-state index is 10.2. The highest BCUT2D eigenvalue weighted by molar-refractivity contribution is 9.10. The van der Waals surface area contributed by atoms with Crippen molar-refractivity contribution in [2.75, 3.05) is 0 Å². The Balaban J connectivity index is 2.19. The first kappa shape index (κ1) is 13.6. The molecule has 17 heavy (non-hydrogen) atoms. The van der Waals surface area contributed by atoms with Gasteiger partial charge in [-0.25, -0.2) is 0 Å². The highest BCUT2D eigenvalue weighted by atomic mass is 79.9. The van der Waals surface area contributed by atoms with E-state index in [1.54, 1.807) is 17.4 Å². The summed E-state index contributed by atoms with van der Waals surface area (Å²) in [6.07, 6.45) is -0.00236. The van der Waals surface area contributed by atoms with E-state index in [0.29, 0.717) is 11.4 Å². The Morgan fingerprint density at radius 3 is 2.65 bits per heavy atom. The van der Waals surface area contributed by atoms with Gasteiger partial charge in [-0.2, -0.15) is 0 Å². The largest absolute Gasteiger partial charge is 0.388 e. The minimum absolute atomic E-state index is 0.576. The Morgan fingerprint density at radius 1 is 1.24 bits per heavy atom. The molecule has 1 N–H and O–H groups in total. The highest BCUT2D eigenvalue weighted by Gasteiger charge is 2.13. The lowest BCUT2D eigenvalue weighted by Crippen LogP contribution is -2.01. The summed E-state index contributed by atoms with van der Waals surface area (Å²) < 4.78 is 1.97. The molecule has 1 heterocycles. The summed E-state index contributed by atoms with van der Waals surface area (Å²) >= 11 is 14.5. The van der Waals surface area contributed by atoms with Crippen molar-refractivity contribution in [1.82, 2.24) is 0 Å². The van der Waals surface area contributed by atoms with Crippen LogP contribution in [0.3, 0.4) is 0 Å². The van der Waals surface area contributed by atoms with Gasteiger partial charge in [-0.05, 0) is 40.2 Å². The number of aliphatic hydroxyl groups excluding tert-OH is 1. The van der Waals surface area contributed by atoms with Crippen LogP contribution in [0.1, 0.15) is 16.5 Å². The first-order valence-corrected chi connectivity index (χ1v) is 7.76. The molecule has 1 aromatic carbocycles. The molecule has 0 fully saturated rings. The van der Waals surface area contributed by atoms with Crippen LogP contribution in [0.5, 0.6) is 0 Å². The van der Waals surface area contributed by atoms with E-state index >= 15 is 0 Å². The first-order valence-electron chi connectivity index (χ1n) is 4.92. The van der Waals surface area contributed by atoms with Crippen LogP contribution in [0.4, 0.5) is 0 Å². The Hall–Kier alpha value is 0.130. The molecule has 2 rings (SSSR count). The Bertz CT molecular complexity index is 527. The van der Waals surface area contributed by atoms with Crippen molar-refractivity contribution in [2.24, 2.45) is 0 Å². The fourth-order valence-electron chi connectivity index (χ4n) is 1.53. The standard InChI is InChI=1S/C12H9Br2ClOS/c13-7-1-2-11(15)10(4-7)12(16)5-9-3-8(14)6-17-9/h1-4,6,12,16H,5H2. The second-order valence-electron chi connectivity index (χ2n) is 3.62. The summed E-state index contributed by atoms with van der Waals surface area (Å²) in [5.41, 5.74) is 0.755. The number of halogens is 3. The normalized spacial score (nSPS) is 12.7. The summed E-state index contributed by atoms with van der Waals surface area (Å²) in [7, 11) is 0. The minimum atomic E-state index is -0.578. The molecular weight excluding hydrogens is 387 g/mol. The van der Waals surface area contributed by atoms with Gasteiger partial charge in [0, 0.05) is 36.2 Å². The Morgan fingerprint density at radius 2 is 2.00 bits per heavy atom. The summed E-state index contributed by atoms with van der Waals surface area (Å²) in [5, 5.41) is 12.8. The van der Waals surface area contributed by atoms with Crippen LogP contribution in [0.2, 0.25) is 5.02 Å². The monoisotopic (exact) mass is 394 g/mol. The Kier molecular flexibility index (Phi) is 4.66. The van der Waals surface area contributed by atoms with Crippen molar-refractivity contribution in [1.29, 1.82) is 0 Å². The van der Waals surface area contributed by atoms with Crippen LogP contribution in [0.15, 0.2) is 38.6 Å². The first-order chi connectivity index (χ1) is 8.06. The summed E-state index contributed by atoms with van der Waals surface area (Å²) in [6, 6.07) is 7.52. The van der Waals surface area contributed by atoms with Gasteiger partial charge < -0.3 is 5.11 Å². The van der Waals surface area contributed by atoms with Gasteiger partial charge in [0.15, 0.2) is 0 Å². The average Bonchev–Trinajstić information content (AvgIpc) is 2.67. The molecule has 0 aliphatic rings. The molecule has 0 amide bonds. The molecule has 0 spiro atoms. The Labute approximate surface area is 126 Å². The molecule has 1 unspecified atom stereocenters. The van der Waals surface area contributed by atoms with E-state index in [9.17, 15) is 5.11 Å². The van der Waals surface area contributed by atoms with E-state index < -0.39 is 6.10 Å². The van der Waals surface area contributed by atoms with E-state index in [2.05, 4.69) is 31.9 Å². The lowest BCUT2D eigenvalue weighted by atomic mass is 10.1. The molecule has 0 aliphatic carbocycles. The number of hydrogen-bond donors (Lipinski definition) is 1. The molecule has 0 radical (unpaired) electrons. The molecule has 90 valence electrons. The van der Waals surface area contributed by atoms with Gasteiger partial charge in [0.2, 0.25) is 0 Å². The molecule has 0 aliphatic heterocycles. The minimum Gasteiger partial charge on any atom is -0.388 e. The number of benzene rings is 1. The van der Waals surface area contributed by atoms with Gasteiger partial charge in [0.1, 0.15) is 0 Å². The molecule has 0 bridgehead atoms. The van der Waals surface area contributed by atoms with Gasteiger partial charge in [0.05, 0.1) is 6.10 Å². The summed E-state index contributed by atoms with van der Waals surface area (Å²) in [6.45, 7) is 0. The van der Waals surface area contributed by atoms with E-state index in [-0.39, 0.29) is 0 Å². The highest BCUT2D eigenvalue weighted by Crippen LogP contribution is 2.30. The number of hydrogen-bond acceptors (Lipinski definition) is 2. The predicted octanol–water partition coefficient (Wildman–Crippen LogP) is 5.20. The number of rotatable bonds is 3. The molecule has 1 nitrogen and oxygen atoms in total. The molecule has 0 saturated carbocycles. The summed E-state index contributed by atoms with van der Waals surface area (Å²) in [4.78, 5) is 1.13. The maximum Gasteiger partial charge on any atom is 0.0853 e. The van der Waals surface area contributed by atoms with Gasteiger partial charge in [-0.1, -0.05) is 27.5 Å². The lowest BCUT2D eigenvalue weighted by molar-refractivity contribution is 0.179. The van der Waals surface area contributed by atoms with Crippen LogP contribution < -0.4 is 0 Å². The van der Waals surface area contributed by atoms with Crippen molar-refractivity contribution in [3.05, 3.63) is 54.1 Å². The van der Waals surface area contributed by atoms with Crippen LogP contribution >= 0.6 is 54.8 Å². The number of aliphatic hydroxyl groups is 1. The van der Waals surface area contributed by atoms with Gasteiger partial charge in [-0.3, -0.25) is 0 Å². The molecule has 5 heteroatoms. The van der Waals surface area contributed by atoms with Crippen LogP contribution in [0, 0.1) is 0 Å². The quantitative estimate of drug-likeness (QED) is 0.756. The lowest BCUT2D eigenvalue weighted by Gasteiger charge is -2.12. The van der Waals surface area contributed by atoms with Gasteiger partial charge in [-0.15, -0.1) is 11.3 Å². The third-order valence-electron chi connectivity index (χ3n) is 2.33. The van der Waals surface area contributed by atoms with E-state index in [1.165, 1.54) is 0 Å². The smallest absolute Gasteiger partial charge is 0.0853 e. The second-order valence-corrected chi connectivity index (χ2v) is 6.85. The topological polar surface area (TPSA) is 20.2 Å².